The average Bonchev–Trinajstić information content (AvgIpc) is 2.34. The predicted octanol–water partition coefficient (Wildman–Crippen LogP) is -2.23. The number of esters is 2. The first-order chi connectivity index (χ1) is 10.4. The van der Waals surface area contributed by atoms with E-state index in [1.54, 1.807) is 34.9 Å². The Kier molecular flexibility index (Phi) is 10.8. The molecule has 0 aliphatic carbocycles. The molecule has 0 aliphatic heterocycles. The first-order valence-corrected chi connectivity index (χ1v) is 7.40. The number of quaternary nitrogens is 1. The maximum absolute atomic E-state index is 12.7. The molecule has 0 aromatic carbocycles. The van der Waals surface area contributed by atoms with Gasteiger partial charge in [0, 0.05) is 6.92 Å². The second kappa shape index (κ2) is 10.5. The molecule has 0 saturated carbocycles. The van der Waals surface area contributed by atoms with Crippen LogP contribution in [-0.2, 0) is 23.9 Å². The van der Waals surface area contributed by atoms with Crippen LogP contribution in [0.5, 0.6) is 0 Å². The van der Waals surface area contributed by atoms with Crippen molar-refractivity contribution in [1.82, 2.24) is 5.32 Å². The van der Waals surface area contributed by atoms with E-state index < -0.39 is 36.3 Å². The summed E-state index contributed by atoms with van der Waals surface area (Å²) in [4.78, 5) is 35.0. The zero-order valence-electron chi connectivity index (χ0n) is 15.2. The SMILES string of the molecule is CC(=O)NC(CC(=O)OC(C)(C)C)C(=O)OCC[N+](C)(C)CF.[Cl-]. The fraction of sp³-hybridized carbons (Fsp3) is 0.800. The van der Waals surface area contributed by atoms with Crippen LogP contribution >= 0.6 is 0 Å². The van der Waals surface area contributed by atoms with Crippen LogP contribution in [0.3, 0.4) is 0 Å². The van der Waals surface area contributed by atoms with Crippen LogP contribution in [0.1, 0.15) is 34.1 Å². The van der Waals surface area contributed by atoms with Crippen molar-refractivity contribution in [3.8, 4) is 0 Å². The minimum atomic E-state index is -1.12. The van der Waals surface area contributed by atoms with Crippen molar-refractivity contribution in [2.24, 2.45) is 0 Å². The molecule has 0 rings (SSSR count). The fourth-order valence-corrected chi connectivity index (χ4v) is 1.54. The van der Waals surface area contributed by atoms with Gasteiger partial charge in [-0.15, -0.1) is 0 Å². The molecule has 7 nitrogen and oxygen atoms in total. The summed E-state index contributed by atoms with van der Waals surface area (Å²) in [6, 6.07) is -1.12. The molecule has 9 heteroatoms. The number of ether oxygens (including phenoxy) is 2. The summed E-state index contributed by atoms with van der Waals surface area (Å²) in [5, 5.41) is 2.36. The van der Waals surface area contributed by atoms with Crippen molar-refractivity contribution in [2.75, 3.05) is 34.0 Å². The zero-order chi connectivity index (χ0) is 18.3. The molecule has 0 bridgehead atoms. The highest BCUT2D eigenvalue weighted by Crippen LogP contribution is 2.10. The molecule has 1 amide bonds. The molecule has 1 atom stereocenters. The second-order valence-corrected chi connectivity index (χ2v) is 6.99. The smallest absolute Gasteiger partial charge is 0.329 e. The Morgan fingerprint density at radius 3 is 2.17 bits per heavy atom. The first-order valence-electron chi connectivity index (χ1n) is 7.40. The van der Waals surface area contributed by atoms with Gasteiger partial charge in [-0.25, -0.2) is 4.79 Å². The van der Waals surface area contributed by atoms with E-state index in [4.69, 9.17) is 9.47 Å². The first kappa shape index (κ1) is 24.8. The van der Waals surface area contributed by atoms with E-state index in [-0.39, 0.29) is 36.5 Å². The van der Waals surface area contributed by atoms with Gasteiger partial charge in [0.15, 0.2) is 0 Å². The summed E-state index contributed by atoms with van der Waals surface area (Å²) < 4.78 is 22.9. The number of amides is 1. The van der Waals surface area contributed by atoms with Crippen LogP contribution < -0.4 is 17.7 Å². The Labute approximate surface area is 148 Å². The van der Waals surface area contributed by atoms with Gasteiger partial charge in [-0.1, -0.05) is 0 Å². The summed E-state index contributed by atoms with van der Waals surface area (Å²) in [5.41, 5.74) is -0.690. The van der Waals surface area contributed by atoms with Gasteiger partial charge >= 0.3 is 11.9 Å². The third-order valence-corrected chi connectivity index (χ3v) is 2.72. The second-order valence-electron chi connectivity index (χ2n) is 6.99. The van der Waals surface area contributed by atoms with E-state index in [1.807, 2.05) is 0 Å². The van der Waals surface area contributed by atoms with Crippen molar-refractivity contribution < 1.29 is 45.1 Å². The number of carbonyl (C=O) groups is 3. The molecule has 0 fully saturated rings. The average molecular weight is 371 g/mol. The standard InChI is InChI=1S/C15H27FN2O5.ClH/c1-11(19)17-12(9-13(20)23-15(2,3)4)14(21)22-8-7-18(5,6)10-16;/h12H,7-10H2,1-6H3;1H. The molecule has 1 N–H and O–H groups in total. The van der Waals surface area contributed by atoms with Crippen LogP contribution in [0.15, 0.2) is 0 Å². The van der Waals surface area contributed by atoms with E-state index >= 15 is 0 Å². The molecule has 0 saturated heterocycles. The van der Waals surface area contributed by atoms with Crippen LogP contribution in [0.25, 0.3) is 0 Å². The van der Waals surface area contributed by atoms with E-state index in [0.717, 1.165) is 0 Å². The summed E-state index contributed by atoms with van der Waals surface area (Å²) in [6.07, 6.45) is -0.322. The van der Waals surface area contributed by atoms with Gasteiger partial charge in [0.25, 0.3) is 0 Å². The number of halogens is 2. The van der Waals surface area contributed by atoms with Crippen molar-refractivity contribution in [1.29, 1.82) is 0 Å². The lowest BCUT2D eigenvalue weighted by Gasteiger charge is -2.26. The van der Waals surface area contributed by atoms with E-state index in [9.17, 15) is 18.8 Å². The number of nitrogens with one attached hydrogen (secondary N) is 1. The number of nitrogens with zero attached hydrogens (tertiary/aromatic N) is 1. The van der Waals surface area contributed by atoms with Crippen molar-refractivity contribution in [3.63, 3.8) is 0 Å². The third-order valence-electron chi connectivity index (χ3n) is 2.72. The highest BCUT2D eigenvalue weighted by molar-refractivity contribution is 5.87. The molecule has 0 aromatic rings. The van der Waals surface area contributed by atoms with Crippen LogP contribution in [-0.4, -0.2) is 68.0 Å². The maximum Gasteiger partial charge on any atom is 0.329 e. The van der Waals surface area contributed by atoms with Gasteiger partial charge in [-0.05, 0) is 20.8 Å². The van der Waals surface area contributed by atoms with Gasteiger partial charge in [0.1, 0.15) is 24.8 Å². The summed E-state index contributed by atoms with van der Waals surface area (Å²) in [6.45, 7) is 6.01. The van der Waals surface area contributed by atoms with Crippen LogP contribution in [0.2, 0.25) is 0 Å². The number of hydrogen-bond acceptors (Lipinski definition) is 5. The highest BCUT2D eigenvalue weighted by Gasteiger charge is 2.28. The molecule has 0 spiro atoms. The Morgan fingerprint density at radius 2 is 1.75 bits per heavy atom. The highest BCUT2D eigenvalue weighted by atomic mass is 35.5. The van der Waals surface area contributed by atoms with Gasteiger partial charge in [-0.3, -0.25) is 14.1 Å². The number of likely N-dealkylation sites (N-methyl/N-ethyl adjacent to an activating group) is 1. The normalized spacial score (nSPS) is 12.6. The van der Waals surface area contributed by atoms with Gasteiger partial charge in [-0.2, -0.15) is 4.39 Å². The zero-order valence-corrected chi connectivity index (χ0v) is 15.9. The molecular weight excluding hydrogens is 343 g/mol. The molecule has 142 valence electrons. The van der Waals surface area contributed by atoms with Gasteiger partial charge < -0.3 is 27.2 Å². The maximum atomic E-state index is 12.7. The Morgan fingerprint density at radius 1 is 1.21 bits per heavy atom. The fourth-order valence-electron chi connectivity index (χ4n) is 1.54. The van der Waals surface area contributed by atoms with Crippen LogP contribution in [0.4, 0.5) is 4.39 Å². The number of hydrogen-bond donors (Lipinski definition) is 1. The molecule has 1 unspecified atom stereocenters. The number of rotatable bonds is 8. The lowest BCUT2D eigenvalue weighted by Crippen LogP contribution is -3.00. The topological polar surface area (TPSA) is 81.7 Å². The largest absolute Gasteiger partial charge is 1.00 e. The minimum Gasteiger partial charge on any atom is -1.00 e. The molecule has 24 heavy (non-hydrogen) atoms. The number of alkyl halides is 1. The summed E-state index contributed by atoms with van der Waals surface area (Å²) in [5.74, 6) is -1.83. The molecule has 0 aliphatic rings. The van der Waals surface area contributed by atoms with Crippen LogP contribution in [0, 0.1) is 0 Å². The van der Waals surface area contributed by atoms with E-state index in [2.05, 4.69) is 5.32 Å². The molecular formula is C15H28ClFN2O5. The van der Waals surface area contributed by atoms with Crippen molar-refractivity contribution >= 4 is 17.8 Å². The van der Waals surface area contributed by atoms with Gasteiger partial charge in [0.2, 0.25) is 12.7 Å². The molecule has 0 aromatic heterocycles. The Bertz CT molecular complexity index is 438. The minimum absolute atomic E-state index is 0. The lowest BCUT2D eigenvalue weighted by atomic mass is 10.1. The Hall–Kier alpha value is -1.41. The number of carbonyl (C=O) groups excluding carboxylic acids is 3. The molecule has 0 heterocycles. The van der Waals surface area contributed by atoms with Gasteiger partial charge in [0.05, 0.1) is 20.5 Å². The summed E-state index contributed by atoms with van der Waals surface area (Å²) in [7, 11) is 3.31. The third kappa shape index (κ3) is 12.1. The predicted molar refractivity (Wildman–Crippen MR) is 82.0 cm³/mol. The van der Waals surface area contributed by atoms with Crippen molar-refractivity contribution in [3.05, 3.63) is 0 Å². The monoisotopic (exact) mass is 370 g/mol. The van der Waals surface area contributed by atoms with E-state index in [0.29, 0.717) is 0 Å². The lowest BCUT2D eigenvalue weighted by molar-refractivity contribution is -0.902. The summed E-state index contributed by atoms with van der Waals surface area (Å²) >= 11 is 0. The van der Waals surface area contributed by atoms with E-state index in [1.165, 1.54) is 6.92 Å². The van der Waals surface area contributed by atoms with Crippen molar-refractivity contribution in [2.45, 2.75) is 45.8 Å². The quantitative estimate of drug-likeness (QED) is 0.297. The molecule has 0 radical (unpaired) electrons. The Balaban J connectivity index is 0.